The molecule has 5 heteroatoms. The van der Waals surface area contributed by atoms with Crippen molar-refractivity contribution in [2.45, 2.75) is 45.4 Å². The van der Waals surface area contributed by atoms with E-state index < -0.39 is 10.0 Å². The van der Waals surface area contributed by atoms with Crippen molar-refractivity contribution in [3.63, 3.8) is 0 Å². The fraction of sp³-hybridized carbons (Fsp3) is 0.600. The summed E-state index contributed by atoms with van der Waals surface area (Å²) in [6.07, 6.45) is 1.80. The Hall–Kier alpha value is -0.910. The van der Waals surface area contributed by atoms with E-state index in [-0.39, 0.29) is 5.41 Å². The molecule has 0 bridgehead atoms. The monoisotopic (exact) mass is 298 g/mol. The lowest BCUT2D eigenvalue weighted by Crippen LogP contribution is -2.34. The quantitative estimate of drug-likeness (QED) is 0.811. The molecule has 0 heterocycles. The summed E-state index contributed by atoms with van der Waals surface area (Å²) >= 11 is 0. The van der Waals surface area contributed by atoms with Crippen LogP contribution in [0.2, 0.25) is 0 Å². The third kappa shape index (κ3) is 4.89. The maximum absolute atomic E-state index is 12.4. The lowest BCUT2D eigenvalue weighted by molar-refractivity contribution is 0.327. The number of rotatable bonds is 7. The second-order valence-corrected chi connectivity index (χ2v) is 7.89. The first kappa shape index (κ1) is 17.1. The minimum Gasteiger partial charge on any atom is -0.330 e. The number of benzene rings is 1. The van der Waals surface area contributed by atoms with Crippen LogP contribution in [0.1, 0.15) is 37.8 Å². The molecule has 1 rings (SSSR count). The molecule has 20 heavy (non-hydrogen) atoms. The van der Waals surface area contributed by atoms with Crippen LogP contribution in [0.25, 0.3) is 0 Å². The fourth-order valence-corrected chi connectivity index (χ4v) is 3.60. The Balaban J connectivity index is 2.83. The second kappa shape index (κ2) is 6.70. The highest BCUT2D eigenvalue weighted by Gasteiger charge is 2.23. The molecule has 0 aromatic heterocycles. The van der Waals surface area contributed by atoms with Gasteiger partial charge in [-0.2, -0.15) is 0 Å². The molecule has 114 valence electrons. The van der Waals surface area contributed by atoms with Crippen LogP contribution in [0.15, 0.2) is 23.1 Å². The highest BCUT2D eigenvalue weighted by Crippen LogP contribution is 2.23. The SMILES string of the molecule is Cc1ccc(C)c(S(=O)(=O)NCC(C)(C)CCCN)c1. The summed E-state index contributed by atoms with van der Waals surface area (Å²) in [6.45, 7) is 8.86. The van der Waals surface area contributed by atoms with Gasteiger partial charge in [0.25, 0.3) is 0 Å². The Morgan fingerprint density at radius 1 is 1.25 bits per heavy atom. The third-order valence-electron chi connectivity index (χ3n) is 3.43. The summed E-state index contributed by atoms with van der Waals surface area (Å²) in [5.74, 6) is 0. The molecular formula is C15H26N2O2S. The first-order chi connectivity index (χ1) is 9.18. The molecule has 0 atom stereocenters. The van der Waals surface area contributed by atoms with Crippen LogP contribution in [0.3, 0.4) is 0 Å². The number of hydrogen-bond donors (Lipinski definition) is 2. The molecule has 0 amide bonds. The van der Waals surface area contributed by atoms with Crippen LogP contribution in [-0.4, -0.2) is 21.5 Å². The molecule has 0 spiro atoms. The van der Waals surface area contributed by atoms with Gasteiger partial charge in [-0.25, -0.2) is 13.1 Å². The maximum atomic E-state index is 12.4. The van der Waals surface area contributed by atoms with Gasteiger partial charge in [0.2, 0.25) is 10.0 Å². The number of sulfonamides is 1. The van der Waals surface area contributed by atoms with Gasteiger partial charge in [-0.05, 0) is 55.8 Å². The average molecular weight is 298 g/mol. The van der Waals surface area contributed by atoms with E-state index in [1.54, 1.807) is 6.07 Å². The predicted octanol–water partition coefficient (Wildman–Crippen LogP) is 2.35. The minimum absolute atomic E-state index is 0.0931. The van der Waals surface area contributed by atoms with Gasteiger partial charge in [0.1, 0.15) is 0 Å². The molecule has 0 aliphatic carbocycles. The molecular weight excluding hydrogens is 272 g/mol. The van der Waals surface area contributed by atoms with E-state index in [1.807, 2.05) is 39.8 Å². The second-order valence-electron chi connectivity index (χ2n) is 6.15. The van der Waals surface area contributed by atoms with Gasteiger partial charge in [0.05, 0.1) is 4.90 Å². The molecule has 0 saturated carbocycles. The van der Waals surface area contributed by atoms with Crippen molar-refractivity contribution in [1.29, 1.82) is 0 Å². The summed E-state index contributed by atoms with van der Waals surface area (Å²) < 4.78 is 27.5. The third-order valence-corrected chi connectivity index (χ3v) is 4.97. The highest BCUT2D eigenvalue weighted by molar-refractivity contribution is 7.89. The number of aryl methyl sites for hydroxylation is 2. The summed E-state index contributed by atoms with van der Waals surface area (Å²) in [5.41, 5.74) is 7.12. The van der Waals surface area contributed by atoms with Gasteiger partial charge in [-0.15, -0.1) is 0 Å². The van der Waals surface area contributed by atoms with Gasteiger partial charge in [-0.1, -0.05) is 26.0 Å². The van der Waals surface area contributed by atoms with E-state index in [2.05, 4.69) is 4.72 Å². The fourth-order valence-electron chi connectivity index (χ4n) is 2.03. The normalized spacial score (nSPS) is 12.7. The van der Waals surface area contributed by atoms with E-state index in [9.17, 15) is 8.42 Å². The summed E-state index contributed by atoms with van der Waals surface area (Å²) in [4.78, 5) is 0.368. The molecule has 0 saturated heterocycles. The van der Waals surface area contributed by atoms with E-state index in [0.29, 0.717) is 18.0 Å². The Morgan fingerprint density at radius 2 is 1.90 bits per heavy atom. The molecule has 0 unspecified atom stereocenters. The van der Waals surface area contributed by atoms with E-state index >= 15 is 0 Å². The zero-order valence-electron chi connectivity index (χ0n) is 12.9. The van der Waals surface area contributed by atoms with Gasteiger partial charge in [-0.3, -0.25) is 0 Å². The van der Waals surface area contributed by atoms with Crippen molar-refractivity contribution in [1.82, 2.24) is 4.72 Å². The molecule has 1 aromatic carbocycles. The highest BCUT2D eigenvalue weighted by atomic mass is 32.2. The van der Waals surface area contributed by atoms with Crippen LogP contribution >= 0.6 is 0 Å². The van der Waals surface area contributed by atoms with Crippen molar-refractivity contribution in [2.75, 3.05) is 13.1 Å². The van der Waals surface area contributed by atoms with Gasteiger partial charge in [0, 0.05) is 6.54 Å². The van der Waals surface area contributed by atoms with E-state index in [1.165, 1.54) is 0 Å². The van der Waals surface area contributed by atoms with Crippen molar-refractivity contribution < 1.29 is 8.42 Å². The molecule has 0 aliphatic heterocycles. The summed E-state index contributed by atoms with van der Waals surface area (Å²) in [7, 11) is -3.45. The largest absolute Gasteiger partial charge is 0.330 e. The smallest absolute Gasteiger partial charge is 0.240 e. The Bertz CT molecular complexity index is 551. The molecule has 4 nitrogen and oxygen atoms in total. The standard InChI is InChI=1S/C15H26N2O2S/c1-12-6-7-13(2)14(10-12)20(18,19)17-11-15(3,4)8-5-9-16/h6-7,10,17H,5,8-9,11,16H2,1-4H3. The molecule has 1 aromatic rings. The molecule has 0 radical (unpaired) electrons. The van der Waals surface area contributed by atoms with Crippen LogP contribution < -0.4 is 10.5 Å². The van der Waals surface area contributed by atoms with E-state index in [4.69, 9.17) is 5.73 Å². The number of hydrogen-bond acceptors (Lipinski definition) is 3. The summed E-state index contributed by atoms with van der Waals surface area (Å²) in [6, 6.07) is 5.47. The lowest BCUT2D eigenvalue weighted by Gasteiger charge is -2.25. The zero-order valence-corrected chi connectivity index (χ0v) is 13.7. The predicted molar refractivity (Wildman–Crippen MR) is 83.2 cm³/mol. The van der Waals surface area contributed by atoms with Gasteiger partial charge >= 0.3 is 0 Å². The number of nitrogens with one attached hydrogen (secondary N) is 1. The lowest BCUT2D eigenvalue weighted by atomic mass is 9.88. The van der Waals surface area contributed by atoms with Gasteiger partial charge in [0.15, 0.2) is 0 Å². The minimum atomic E-state index is -3.45. The first-order valence-electron chi connectivity index (χ1n) is 6.95. The van der Waals surface area contributed by atoms with Crippen molar-refractivity contribution >= 4 is 10.0 Å². The van der Waals surface area contributed by atoms with Crippen molar-refractivity contribution in [2.24, 2.45) is 11.1 Å². The molecule has 0 fully saturated rings. The van der Waals surface area contributed by atoms with E-state index in [0.717, 1.165) is 24.0 Å². The zero-order chi connectivity index (χ0) is 15.4. The van der Waals surface area contributed by atoms with Crippen LogP contribution in [0.4, 0.5) is 0 Å². The van der Waals surface area contributed by atoms with Crippen LogP contribution in [-0.2, 0) is 10.0 Å². The summed E-state index contributed by atoms with van der Waals surface area (Å²) in [5, 5.41) is 0. The Morgan fingerprint density at radius 3 is 2.50 bits per heavy atom. The molecule has 0 aliphatic rings. The molecule has 3 N–H and O–H groups in total. The van der Waals surface area contributed by atoms with Crippen molar-refractivity contribution in [3.8, 4) is 0 Å². The van der Waals surface area contributed by atoms with Crippen LogP contribution in [0.5, 0.6) is 0 Å². The number of nitrogens with two attached hydrogens (primary N) is 1. The average Bonchev–Trinajstić information content (AvgIpc) is 2.37. The topological polar surface area (TPSA) is 72.2 Å². The maximum Gasteiger partial charge on any atom is 0.240 e. The first-order valence-corrected chi connectivity index (χ1v) is 8.43. The van der Waals surface area contributed by atoms with Crippen LogP contribution in [0, 0.1) is 19.3 Å². The Labute approximate surface area is 122 Å². The van der Waals surface area contributed by atoms with Gasteiger partial charge < -0.3 is 5.73 Å². The van der Waals surface area contributed by atoms with Crippen molar-refractivity contribution in [3.05, 3.63) is 29.3 Å². The Kier molecular flexibility index (Phi) is 5.74.